The molecule has 0 aromatic carbocycles. The highest BCUT2D eigenvalue weighted by Crippen LogP contribution is 2.25. The zero-order valence-corrected chi connectivity index (χ0v) is 14.2. The minimum Gasteiger partial charge on any atom is -0.547 e. The van der Waals surface area contributed by atoms with Crippen LogP contribution in [0.25, 0.3) is 0 Å². The van der Waals surface area contributed by atoms with E-state index in [4.69, 9.17) is 8.85 Å². The van der Waals surface area contributed by atoms with Crippen LogP contribution in [0.2, 0.25) is 0 Å². The molecule has 2 unspecified atom stereocenters. The number of pyridine rings is 1. The summed E-state index contributed by atoms with van der Waals surface area (Å²) in [6, 6.07) is 3.00. The number of aromatic nitrogens is 1. The number of aliphatic hydroxyl groups excluding tert-OH is 4. The molecule has 4 N–H and O–H groups in total. The number of carbonyl (C=O) groups is 1. The minimum atomic E-state index is -2.68. The standard InChI is InChI=1S/C16H23N3O8/c1-18(17-26)6-3-5-10(20)9-4-2-7-19(8-9)15-13(23)11(21)12(22)14(27-15)16(24)25/h2,4,7-8,10-15,20-23H,3,5-6H2,1H3/t10?,11-,12-,13-,14?,15+/m0/s1/i1D3. The van der Waals surface area contributed by atoms with Crippen molar-refractivity contribution in [2.24, 2.45) is 5.29 Å². The van der Waals surface area contributed by atoms with Gasteiger partial charge in [0, 0.05) is 29.3 Å². The summed E-state index contributed by atoms with van der Waals surface area (Å²) in [5, 5.41) is 54.1. The summed E-state index contributed by atoms with van der Waals surface area (Å²) in [6.45, 7) is -2.89. The number of hydrogen-bond donors (Lipinski definition) is 4. The topological polar surface area (TPSA) is 167 Å². The molecule has 1 fully saturated rings. The number of carboxylic acid groups (broad SMARTS) is 1. The molecule has 0 saturated carbocycles. The van der Waals surface area contributed by atoms with Gasteiger partial charge in [-0.1, -0.05) is 0 Å². The maximum atomic E-state index is 11.1. The smallest absolute Gasteiger partial charge is 0.292 e. The van der Waals surface area contributed by atoms with E-state index in [0.29, 0.717) is 10.6 Å². The Labute approximate surface area is 159 Å². The molecule has 27 heavy (non-hydrogen) atoms. The van der Waals surface area contributed by atoms with Crippen LogP contribution in [-0.2, 0) is 9.53 Å². The van der Waals surface area contributed by atoms with Crippen molar-refractivity contribution in [1.29, 1.82) is 0 Å². The Balaban J connectivity index is 2.09. The molecule has 1 aliphatic rings. The van der Waals surface area contributed by atoms with Crippen molar-refractivity contribution in [3.63, 3.8) is 0 Å². The van der Waals surface area contributed by atoms with E-state index in [1.54, 1.807) is 0 Å². The zero-order chi connectivity index (χ0) is 22.6. The molecule has 1 aromatic heterocycles. The van der Waals surface area contributed by atoms with Crippen molar-refractivity contribution < 1.29 is 43.7 Å². The van der Waals surface area contributed by atoms with Crippen LogP contribution in [-0.4, -0.2) is 69.3 Å². The highest BCUT2D eigenvalue weighted by Gasteiger charge is 2.48. The van der Waals surface area contributed by atoms with Gasteiger partial charge in [0.15, 0.2) is 18.5 Å². The molecule has 2 rings (SSSR count). The van der Waals surface area contributed by atoms with E-state index in [9.17, 15) is 35.2 Å². The van der Waals surface area contributed by atoms with Gasteiger partial charge >= 0.3 is 0 Å². The maximum absolute atomic E-state index is 11.1. The SMILES string of the molecule is [2H]C([2H])([2H])N(CCCC(O)c1ccc[n+]([C@@H]2OC(C(=O)[O-])[C@@H](O)[C@H](O)[C@@H]2O)c1)N=O. The lowest BCUT2D eigenvalue weighted by molar-refractivity contribution is -0.777. The number of carbonyl (C=O) groups excluding carboxylic acids is 1. The molecule has 1 aliphatic heterocycles. The first-order valence-electron chi connectivity index (χ1n) is 9.67. The molecule has 0 spiro atoms. The first-order chi connectivity index (χ1) is 14.0. The van der Waals surface area contributed by atoms with E-state index in [2.05, 4.69) is 5.29 Å². The van der Waals surface area contributed by atoms with Crippen molar-refractivity contribution in [3.05, 3.63) is 35.0 Å². The van der Waals surface area contributed by atoms with Crippen LogP contribution in [0.5, 0.6) is 0 Å². The van der Waals surface area contributed by atoms with Gasteiger partial charge in [-0.2, -0.15) is 4.57 Å². The Morgan fingerprint density at radius 3 is 2.81 bits per heavy atom. The van der Waals surface area contributed by atoms with Gasteiger partial charge in [-0.3, -0.25) is 5.01 Å². The number of rotatable bonds is 8. The highest BCUT2D eigenvalue weighted by atomic mass is 16.6. The molecule has 11 heteroatoms. The third-order valence-corrected chi connectivity index (χ3v) is 4.29. The van der Waals surface area contributed by atoms with Crippen molar-refractivity contribution >= 4 is 5.97 Å². The average Bonchev–Trinajstić information content (AvgIpc) is 2.68. The lowest BCUT2D eigenvalue weighted by Crippen LogP contribution is -2.65. The second-order valence-electron chi connectivity index (χ2n) is 6.19. The fraction of sp³-hybridized carbons (Fsp3) is 0.625. The van der Waals surface area contributed by atoms with Crippen molar-refractivity contribution in [3.8, 4) is 0 Å². The quantitative estimate of drug-likeness (QED) is 0.208. The Hall–Kier alpha value is -2.18. The number of aliphatic hydroxyl groups is 4. The second kappa shape index (κ2) is 9.15. The van der Waals surface area contributed by atoms with Gasteiger partial charge in [0.2, 0.25) is 0 Å². The Morgan fingerprint density at radius 1 is 1.44 bits per heavy atom. The molecule has 2 heterocycles. The molecule has 0 radical (unpaired) electrons. The molecule has 150 valence electrons. The number of nitrogens with zero attached hydrogens (tertiary/aromatic N) is 3. The predicted molar refractivity (Wildman–Crippen MR) is 86.2 cm³/mol. The van der Waals surface area contributed by atoms with Gasteiger partial charge in [0.1, 0.15) is 18.3 Å². The molecule has 6 atom stereocenters. The molecular weight excluding hydrogens is 362 g/mol. The molecule has 1 aromatic rings. The predicted octanol–water partition coefficient (Wildman–Crippen LogP) is -2.87. The van der Waals surface area contributed by atoms with Gasteiger partial charge < -0.3 is 35.1 Å². The van der Waals surface area contributed by atoms with Crippen LogP contribution in [0.3, 0.4) is 0 Å². The number of hydrogen-bond acceptors (Lipinski definition) is 9. The van der Waals surface area contributed by atoms with Crippen LogP contribution in [0.1, 0.15) is 34.8 Å². The summed E-state index contributed by atoms with van der Waals surface area (Å²) in [6.07, 6.45) is -6.78. The van der Waals surface area contributed by atoms with Gasteiger partial charge in [-0.25, -0.2) is 0 Å². The summed E-state index contributed by atoms with van der Waals surface area (Å²) >= 11 is 0. The number of carboxylic acids is 1. The molecule has 0 aliphatic carbocycles. The largest absolute Gasteiger partial charge is 0.547 e. The zero-order valence-electron chi connectivity index (χ0n) is 17.2. The van der Waals surface area contributed by atoms with Crippen LogP contribution in [0.15, 0.2) is 29.8 Å². The van der Waals surface area contributed by atoms with Gasteiger partial charge in [0.25, 0.3) is 6.23 Å². The van der Waals surface area contributed by atoms with Crippen LogP contribution >= 0.6 is 0 Å². The van der Waals surface area contributed by atoms with Gasteiger partial charge in [-0.15, -0.1) is 4.91 Å². The van der Waals surface area contributed by atoms with E-state index in [1.807, 2.05) is 0 Å². The van der Waals surface area contributed by atoms with E-state index >= 15 is 0 Å². The fourth-order valence-corrected chi connectivity index (χ4v) is 2.81. The van der Waals surface area contributed by atoms with E-state index in [0.717, 1.165) is 0 Å². The average molecular weight is 388 g/mol. The normalized spacial score (nSPS) is 31.3. The van der Waals surface area contributed by atoms with Crippen LogP contribution in [0, 0.1) is 4.91 Å². The third kappa shape index (κ3) is 4.96. The summed E-state index contributed by atoms with van der Waals surface area (Å²) in [4.78, 5) is 21.7. The minimum absolute atomic E-state index is 0.0726. The first-order valence-corrected chi connectivity index (χ1v) is 8.17. The maximum Gasteiger partial charge on any atom is 0.292 e. The highest BCUT2D eigenvalue weighted by molar-refractivity contribution is 5.71. The first kappa shape index (κ1) is 17.0. The lowest BCUT2D eigenvalue weighted by Gasteiger charge is -2.37. The molecule has 11 nitrogen and oxygen atoms in total. The Morgan fingerprint density at radius 2 is 2.19 bits per heavy atom. The van der Waals surface area contributed by atoms with E-state index < -0.39 is 49.7 Å². The fourth-order valence-electron chi connectivity index (χ4n) is 2.81. The van der Waals surface area contributed by atoms with Crippen LogP contribution in [0.4, 0.5) is 0 Å². The van der Waals surface area contributed by atoms with Gasteiger partial charge in [0.05, 0.1) is 17.4 Å². The molecule has 0 bridgehead atoms. The molecular formula is C16H23N3O8. The third-order valence-electron chi connectivity index (χ3n) is 4.29. The monoisotopic (exact) mass is 388 g/mol. The van der Waals surface area contributed by atoms with Gasteiger partial charge in [-0.05, 0) is 18.9 Å². The number of aliphatic carboxylic acids is 1. The van der Waals surface area contributed by atoms with Crippen molar-refractivity contribution in [2.45, 2.75) is 49.6 Å². The van der Waals surface area contributed by atoms with Crippen LogP contribution < -0.4 is 9.67 Å². The summed E-state index contributed by atoms with van der Waals surface area (Å²) in [5.74, 6) is -1.77. The second-order valence-corrected chi connectivity index (χ2v) is 6.19. The Bertz CT molecular complexity index is 753. The van der Waals surface area contributed by atoms with E-state index in [-0.39, 0.29) is 19.4 Å². The summed E-state index contributed by atoms with van der Waals surface area (Å²) < 4.78 is 27.9. The Kier molecular flexibility index (Phi) is 5.75. The molecule has 1 saturated heterocycles. The molecule has 0 amide bonds. The summed E-state index contributed by atoms with van der Waals surface area (Å²) in [5.41, 5.74) is 0.318. The summed E-state index contributed by atoms with van der Waals surface area (Å²) in [7, 11) is 0. The number of nitroso groups, excluding NO2 is 1. The number of ether oxygens (including phenoxy) is 1. The van der Waals surface area contributed by atoms with Crippen molar-refractivity contribution in [2.75, 3.05) is 13.5 Å². The van der Waals surface area contributed by atoms with E-state index in [1.165, 1.54) is 29.1 Å². The van der Waals surface area contributed by atoms with Crippen molar-refractivity contribution in [1.82, 2.24) is 5.01 Å². The lowest BCUT2D eigenvalue weighted by atomic mass is 9.97.